The Morgan fingerprint density at radius 3 is 2.32 bits per heavy atom. The van der Waals surface area contributed by atoms with Crippen molar-refractivity contribution in [1.29, 1.82) is 0 Å². The van der Waals surface area contributed by atoms with Gasteiger partial charge in [-0.2, -0.15) is 13.2 Å². The molecular formula is C29H30F3NO3S. The minimum Gasteiger partial charge on any atom is -0.481 e. The number of aryl methyl sites for hydroxylation is 2. The van der Waals surface area contributed by atoms with E-state index in [1.54, 1.807) is 12.1 Å². The molecule has 3 aromatic rings. The second-order valence-electron chi connectivity index (χ2n) is 10.7. The molecule has 0 spiro atoms. The first-order valence-electron chi connectivity index (χ1n) is 12.3. The normalized spacial score (nSPS) is 17.6. The van der Waals surface area contributed by atoms with Gasteiger partial charge in [0, 0.05) is 27.8 Å². The summed E-state index contributed by atoms with van der Waals surface area (Å²) < 4.78 is 38.9. The molecule has 196 valence electrons. The molecule has 1 N–H and O–H groups in total. The lowest BCUT2D eigenvalue weighted by Crippen LogP contribution is -2.32. The van der Waals surface area contributed by atoms with Gasteiger partial charge in [0.25, 0.3) is 0 Å². The van der Waals surface area contributed by atoms with Crippen LogP contribution in [-0.2, 0) is 34.6 Å². The molecule has 1 unspecified atom stereocenters. The number of carboxylic acid groups (broad SMARTS) is 1. The van der Waals surface area contributed by atoms with Gasteiger partial charge in [0.2, 0.25) is 0 Å². The molecule has 0 saturated carbocycles. The van der Waals surface area contributed by atoms with E-state index in [-0.39, 0.29) is 17.6 Å². The second-order valence-corrected chi connectivity index (χ2v) is 11.7. The van der Waals surface area contributed by atoms with Gasteiger partial charge in [0.1, 0.15) is 5.01 Å². The number of hydrogen-bond donors (Lipinski definition) is 1. The molecule has 0 radical (unpaired) electrons. The monoisotopic (exact) mass is 529 g/mol. The number of carboxylic acids is 1. The predicted octanol–water partition coefficient (Wildman–Crippen LogP) is 7.62. The summed E-state index contributed by atoms with van der Waals surface area (Å²) in [6, 6.07) is 10.4. The number of nitrogens with zero attached hydrogens (tertiary/aromatic N) is 1. The van der Waals surface area contributed by atoms with Crippen LogP contribution in [-0.4, -0.2) is 21.8 Å². The van der Waals surface area contributed by atoms with Crippen LogP contribution in [0.3, 0.4) is 0 Å². The number of hydrogen-bond acceptors (Lipinski definition) is 4. The number of aromatic nitrogens is 1. The van der Waals surface area contributed by atoms with Gasteiger partial charge < -0.3 is 5.11 Å². The fraction of sp³-hybridized carbons (Fsp3) is 0.414. The Hall–Kier alpha value is -3.00. The summed E-state index contributed by atoms with van der Waals surface area (Å²) in [6.07, 6.45) is -2.04. The Kier molecular flexibility index (Phi) is 7.10. The maximum atomic E-state index is 13.2. The number of Topliss-reactive ketones (excluding diaryl/α,β-unsaturated/α-hetero) is 1. The van der Waals surface area contributed by atoms with Crippen molar-refractivity contribution in [1.82, 2.24) is 4.98 Å². The van der Waals surface area contributed by atoms with Gasteiger partial charge in [0.05, 0.1) is 16.7 Å². The van der Waals surface area contributed by atoms with Gasteiger partial charge in [-0.25, -0.2) is 4.98 Å². The van der Waals surface area contributed by atoms with Gasteiger partial charge >= 0.3 is 12.1 Å². The highest BCUT2D eigenvalue weighted by Crippen LogP contribution is 2.43. The Bertz CT molecular complexity index is 1340. The van der Waals surface area contributed by atoms with E-state index in [0.29, 0.717) is 41.8 Å². The van der Waals surface area contributed by atoms with Crippen molar-refractivity contribution in [3.8, 4) is 10.6 Å². The predicted molar refractivity (Wildman–Crippen MR) is 138 cm³/mol. The zero-order chi connectivity index (χ0) is 27.2. The molecule has 0 fully saturated rings. The summed E-state index contributed by atoms with van der Waals surface area (Å²) in [5.74, 6) is -0.928. The van der Waals surface area contributed by atoms with Gasteiger partial charge in [0.15, 0.2) is 5.78 Å². The van der Waals surface area contributed by atoms with E-state index in [1.165, 1.54) is 23.5 Å². The summed E-state index contributed by atoms with van der Waals surface area (Å²) in [6.45, 7) is 7.91. The van der Waals surface area contributed by atoms with Crippen LogP contribution in [0.5, 0.6) is 0 Å². The third kappa shape index (κ3) is 5.21. The quantitative estimate of drug-likeness (QED) is 0.320. The summed E-state index contributed by atoms with van der Waals surface area (Å²) in [4.78, 5) is 30.9. The summed E-state index contributed by atoms with van der Waals surface area (Å²) in [5, 5.41) is 10.5. The Balaban J connectivity index is 1.58. The van der Waals surface area contributed by atoms with Crippen LogP contribution in [0, 0.1) is 0 Å². The molecule has 37 heavy (non-hydrogen) atoms. The molecule has 1 heterocycles. The fourth-order valence-electron chi connectivity index (χ4n) is 5.04. The van der Waals surface area contributed by atoms with Crippen LogP contribution >= 0.6 is 11.3 Å². The van der Waals surface area contributed by atoms with E-state index in [2.05, 4.69) is 0 Å². The molecule has 0 aliphatic heterocycles. The number of rotatable bonds is 7. The topological polar surface area (TPSA) is 67.3 Å². The van der Waals surface area contributed by atoms with Crippen molar-refractivity contribution in [2.45, 2.75) is 76.8 Å². The summed E-state index contributed by atoms with van der Waals surface area (Å²) in [7, 11) is 0. The highest BCUT2D eigenvalue weighted by Gasteiger charge is 2.44. The number of thiazole rings is 1. The first kappa shape index (κ1) is 27.0. The number of aliphatic carboxylic acids is 1. The highest BCUT2D eigenvalue weighted by atomic mass is 32.1. The number of carbonyl (C=O) groups excluding carboxylic acids is 1. The average Bonchev–Trinajstić information content (AvgIpc) is 3.44. The molecule has 4 nitrogen and oxygen atoms in total. The van der Waals surface area contributed by atoms with E-state index in [4.69, 9.17) is 4.98 Å². The van der Waals surface area contributed by atoms with Crippen LogP contribution in [0.15, 0.2) is 42.5 Å². The van der Waals surface area contributed by atoms with E-state index in [9.17, 15) is 27.9 Å². The molecule has 2 aromatic carbocycles. The van der Waals surface area contributed by atoms with Crippen molar-refractivity contribution in [2.75, 3.05) is 0 Å². The smallest absolute Gasteiger partial charge is 0.416 e. The lowest BCUT2D eigenvalue weighted by atomic mass is 9.79. The first-order valence-corrected chi connectivity index (χ1v) is 13.2. The molecule has 1 atom stereocenters. The molecule has 1 aliphatic rings. The number of alkyl halides is 3. The number of benzene rings is 2. The molecular weight excluding hydrogens is 499 g/mol. The van der Waals surface area contributed by atoms with Crippen molar-refractivity contribution in [3.63, 3.8) is 0 Å². The number of ketones is 1. The van der Waals surface area contributed by atoms with E-state index in [0.717, 1.165) is 33.8 Å². The number of halogens is 3. The zero-order valence-electron chi connectivity index (χ0n) is 21.3. The fourth-order valence-corrected chi connectivity index (χ4v) is 6.32. The molecule has 1 aromatic heterocycles. The Morgan fingerprint density at radius 2 is 1.76 bits per heavy atom. The van der Waals surface area contributed by atoms with Crippen LogP contribution in [0.2, 0.25) is 0 Å². The standard InChI is InChI=1S/C29H30F3NO3S/c1-5-28(26(35)36)15-14-17-6-7-19(16-21(17)28)22(34)12-13-23-24(27(2,3)4)33-25(37-23)18-8-10-20(11-9-18)29(30,31)32/h6-11,16H,5,12-15H2,1-4H3,(H,35,36). The van der Waals surface area contributed by atoms with Crippen molar-refractivity contribution < 1.29 is 27.9 Å². The molecule has 0 bridgehead atoms. The zero-order valence-corrected chi connectivity index (χ0v) is 22.1. The number of fused-ring (bicyclic) bond motifs is 1. The van der Waals surface area contributed by atoms with Crippen molar-refractivity contribution in [3.05, 3.63) is 75.3 Å². The minimum atomic E-state index is -4.40. The van der Waals surface area contributed by atoms with Crippen LogP contribution in [0.1, 0.15) is 84.6 Å². The third-order valence-corrected chi connectivity index (χ3v) is 8.39. The Labute approximate surface area is 218 Å². The highest BCUT2D eigenvalue weighted by molar-refractivity contribution is 7.15. The van der Waals surface area contributed by atoms with E-state index >= 15 is 0 Å². The second kappa shape index (κ2) is 9.71. The van der Waals surface area contributed by atoms with Gasteiger partial charge in [-0.15, -0.1) is 11.3 Å². The Morgan fingerprint density at radius 1 is 1.08 bits per heavy atom. The summed E-state index contributed by atoms with van der Waals surface area (Å²) in [5.41, 5.74) is 1.69. The summed E-state index contributed by atoms with van der Waals surface area (Å²) >= 11 is 1.40. The van der Waals surface area contributed by atoms with Gasteiger partial charge in [-0.05, 0) is 55.0 Å². The van der Waals surface area contributed by atoms with E-state index in [1.807, 2.05) is 33.8 Å². The molecule has 0 amide bonds. The largest absolute Gasteiger partial charge is 0.481 e. The first-order chi connectivity index (χ1) is 17.3. The van der Waals surface area contributed by atoms with Gasteiger partial charge in [-0.3, -0.25) is 9.59 Å². The van der Waals surface area contributed by atoms with Crippen LogP contribution in [0.25, 0.3) is 10.6 Å². The third-order valence-electron chi connectivity index (χ3n) is 7.23. The molecule has 1 aliphatic carbocycles. The SMILES string of the molecule is CCC1(C(=O)O)CCc2ccc(C(=O)CCc3sc(-c4ccc(C(F)(F)F)cc4)nc3C(C)(C)C)cc21. The average molecular weight is 530 g/mol. The molecule has 4 rings (SSSR count). The minimum absolute atomic E-state index is 0.0746. The van der Waals surface area contributed by atoms with Crippen LogP contribution in [0.4, 0.5) is 13.2 Å². The molecule has 0 saturated heterocycles. The van der Waals surface area contributed by atoms with Crippen molar-refractivity contribution >= 4 is 23.1 Å². The van der Waals surface area contributed by atoms with E-state index < -0.39 is 23.1 Å². The van der Waals surface area contributed by atoms with Crippen LogP contribution < -0.4 is 0 Å². The maximum absolute atomic E-state index is 13.2. The van der Waals surface area contributed by atoms with Gasteiger partial charge in [-0.1, -0.05) is 52.0 Å². The van der Waals surface area contributed by atoms with Crippen molar-refractivity contribution in [2.24, 2.45) is 0 Å². The molecule has 8 heteroatoms. The maximum Gasteiger partial charge on any atom is 0.416 e. The lowest BCUT2D eigenvalue weighted by molar-refractivity contribution is -0.144. The lowest BCUT2D eigenvalue weighted by Gasteiger charge is -2.24. The number of carbonyl (C=O) groups is 2.